The van der Waals surface area contributed by atoms with Crippen LogP contribution in [0.4, 0.5) is 5.82 Å². The molecule has 0 saturated carbocycles. The molecule has 0 aromatic carbocycles. The third-order valence-corrected chi connectivity index (χ3v) is 3.45. The van der Waals surface area contributed by atoms with Gasteiger partial charge >= 0.3 is 0 Å². The SMILES string of the molecule is Cc1ccc(N2CCN(C(C)(C)C)CC2)nc1. The monoisotopic (exact) mass is 233 g/mol. The van der Waals surface area contributed by atoms with Crippen LogP contribution in [0, 0.1) is 6.92 Å². The average molecular weight is 233 g/mol. The fourth-order valence-corrected chi connectivity index (χ4v) is 2.25. The Kier molecular flexibility index (Phi) is 3.38. The molecule has 3 heteroatoms. The molecule has 17 heavy (non-hydrogen) atoms. The van der Waals surface area contributed by atoms with Crippen molar-refractivity contribution in [3.8, 4) is 0 Å². The molecule has 0 N–H and O–H groups in total. The van der Waals surface area contributed by atoms with Crippen LogP contribution in [0.25, 0.3) is 0 Å². The Morgan fingerprint density at radius 1 is 1.06 bits per heavy atom. The molecule has 0 atom stereocenters. The van der Waals surface area contributed by atoms with E-state index in [1.807, 2.05) is 6.20 Å². The van der Waals surface area contributed by atoms with Crippen LogP contribution in [-0.4, -0.2) is 41.6 Å². The summed E-state index contributed by atoms with van der Waals surface area (Å²) < 4.78 is 0. The Morgan fingerprint density at radius 3 is 2.18 bits per heavy atom. The first-order valence-electron chi connectivity index (χ1n) is 6.39. The normalized spacial score (nSPS) is 18.5. The molecule has 0 radical (unpaired) electrons. The summed E-state index contributed by atoms with van der Waals surface area (Å²) in [5, 5.41) is 0. The second-order valence-electron chi connectivity index (χ2n) is 5.84. The van der Waals surface area contributed by atoms with E-state index < -0.39 is 0 Å². The molecule has 0 spiro atoms. The van der Waals surface area contributed by atoms with Gasteiger partial charge in [0, 0.05) is 37.9 Å². The Balaban J connectivity index is 1.97. The molecule has 1 saturated heterocycles. The second-order valence-corrected chi connectivity index (χ2v) is 5.84. The van der Waals surface area contributed by atoms with Crippen molar-refractivity contribution in [2.24, 2.45) is 0 Å². The molecular weight excluding hydrogens is 210 g/mol. The summed E-state index contributed by atoms with van der Waals surface area (Å²) in [7, 11) is 0. The lowest BCUT2D eigenvalue weighted by Crippen LogP contribution is -2.53. The summed E-state index contributed by atoms with van der Waals surface area (Å²) >= 11 is 0. The van der Waals surface area contributed by atoms with Crippen LogP contribution in [0.2, 0.25) is 0 Å². The summed E-state index contributed by atoms with van der Waals surface area (Å²) in [6, 6.07) is 4.26. The lowest BCUT2D eigenvalue weighted by atomic mass is 10.1. The first-order valence-corrected chi connectivity index (χ1v) is 6.39. The molecular formula is C14H23N3. The van der Waals surface area contributed by atoms with Crippen LogP contribution in [0.3, 0.4) is 0 Å². The maximum atomic E-state index is 4.50. The van der Waals surface area contributed by atoms with Gasteiger partial charge in [0.05, 0.1) is 0 Å². The van der Waals surface area contributed by atoms with Crippen molar-refractivity contribution in [2.75, 3.05) is 31.1 Å². The van der Waals surface area contributed by atoms with Crippen molar-refractivity contribution in [1.29, 1.82) is 0 Å². The van der Waals surface area contributed by atoms with Gasteiger partial charge in [0.15, 0.2) is 0 Å². The Labute approximate surface area is 104 Å². The summed E-state index contributed by atoms with van der Waals surface area (Å²) in [6.07, 6.45) is 1.95. The number of hydrogen-bond acceptors (Lipinski definition) is 3. The van der Waals surface area contributed by atoms with E-state index in [0.717, 1.165) is 32.0 Å². The van der Waals surface area contributed by atoms with Crippen molar-refractivity contribution in [3.63, 3.8) is 0 Å². The van der Waals surface area contributed by atoms with Gasteiger partial charge in [0.1, 0.15) is 5.82 Å². The van der Waals surface area contributed by atoms with E-state index in [2.05, 4.69) is 54.6 Å². The van der Waals surface area contributed by atoms with Gasteiger partial charge in [-0.3, -0.25) is 4.90 Å². The lowest BCUT2D eigenvalue weighted by Gasteiger charge is -2.42. The largest absolute Gasteiger partial charge is 0.354 e. The van der Waals surface area contributed by atoms with Gasteiger partial charge in [-0.25, -0.2) is 4.98 Å². The van der Waals surface area contributed by atoms with E-state index in [1.54, 1.807) is 0 Å². The number of aryl methyl sites for hydroxylation is 1. The third-order valence-electron chi connectivity index (χ3n) is 3.45. The molecule has 94 valence electrons. The Bertz CT molecular complexity index is 356. The molecule has 2 rings (SSSR count). The number of hydrogen-bond donors (Lipinski definition) is 0. The molecule has 3 nitrogen and oxygen atoms in total. The smallest absolute Gasteiger partial charge is 0.128 e. The lowest BCUT2D eigenvalue weighted by molar-refractivity contribution is 0.128. The highest BCUT2D eigenvalue weighted by atomic mass is 15.3. The highest BCUT2D eigenvalue weighted by Crippen LogP contribution is 2.19. The predicted molar refractivity (Wildman–Crippen MR) is 72.5 cm³/mol. The van der Waals surface area contributed by atoms with Gasteiger partial charge in [0.25, 0.3) is 0 Å². The molecule has 1 aliphatic rings. The maximum absolute atomic E-state index is 4.50. The highest BCUT2D eigenvalue weighted by molar-refractivity contribution is 5.39. The minimum absolute atomic E-state index is 0.285. The van der Waals surface area contributed by atoms with E-state index in [-0.39, 0.29) is 5.54 Å². The van der Waals surface area contributed by atoms with Gasteiger partial charge in [0.2, 0.25) is 0 Å². The molecule has 2 heterocycles. The molecule has 1 aromatic heterocycles. The molecule has 1 fully saturated rings. The molecule has 0 unspecified atom stereocenters. The molecule has 0 amide bonds. The van der Waals surface area contributed by atoms with E-state index in [0.29, 0.717) is 0 Å². The second kappa shape index (κ2) is 4.65. The van der Waals surface area contributed by atoms with Crippen LogP contribution in [0.15, 0.2) is 18.3 Å². The first kappa shape index (κ1) is 12.4. The van der Waals surface area contributed by atoms with Crippen molar-refractivity contribution in [3.05, 3.63) is 23.9 Å². The fourth-order valence-electron chi connectivity index (χ4n) is 2.25. The zero-order valence-corrected chi connectivity index (χ0v) is 11.4. The summed E-state index contributed by atoms with van der Waals surface area (Å²) in [6.45, 7) is 13.3. The minimum Gasteiger partial charge on any atom is -0.354 e. The molecule has 1 aliphatic heterocycles. The summed E-state index contributed by atoms with van der Waals surface area (Å²) in [5.74, 6) is 1.11. The topological polar surface area (TPSA) is 19.4 Å². The predicted octanol–water partition coefficient (Wildman–Crippen LogP) is 2.31. The summed E-state index contributed by atoms with van der Waals surface area (Å²) in [5.41, 5.74) is 1.51. The quantitative estimate of drug-likeness (QED) is 0.742. The molecule has 1 aromatic rings. The van der Waals surface area contributed by atoms with Crippen molar-refractivity contribution < 1.29 is 0 Å². The van der Waals surface area contributed by atoms with Crippen LogP contribution >= 0.6 is 0 Å². The molecule has 0 aliphatic carbocycles. The Hall–Kier alpha value is -1.09. The van der Waals surface area contributed by atoms with Crippen LogP contribution in [0.1, 0.15) is 26.3 Å². The van der Waals surface area contributed by atoms with Crippen LogP contribution in [0.5, 0.6) is 0 Å². The van der Waals surface area contributed by atoms with Crippen molar-refractivity contribution in [1.82, 2.24) is 9.88 Å². The van der Waals surface area contributed by atoms with Crippen molar-refractivity contribution in [2.45, 2.75) is 33.2 Å². The van der Waals surface area contributed by atoms with Crippen LogP contribution < -0.4 is 4.90 Å². The highest BCUT2D eigenvalue weighted by Gasteiger charge is 2.25. The van der Waals surface area contributed by atoms with E-state index in [4.69, 9.17) is 0 Å². The zero-order chi connectivity index (χ0) is 12.5. The first-order chi connectivity index (χ1) is 7.97. The maximum Gasteiger partial charge on any atom is 0.128 e. The van der Waals surface area contributed by atoms with E-state index in [9.17, 15) is 0 Å². The number of nitrogens with zero attached hydrogens (tertiary/aromatic N) is 3. The number of aromatic nitrogens is 1. The number of rotatable bonds is 1. The van der Waals surface area contributed by atoms with Gasteiger partial charge in [-0.05, 0) is 39.3 Å². The van der Waals surface area contributed by atoms with Crippen molar-refractivity contribution >= 4 is 5.82 Å². The molecule has 0 bridgehead atoms. The minimum atomic E-state index is 0.285. The summed E-state index contributed by atoms with van der Waals surface area (Å²) in [4.78, 5) is 9.41. The number of pyridine rings is 1. The number of piperazine rings is 1. The standard InChI is InChI=1S/C14H23N3/c1-12-5-6-13(15-11-12)16-7-9-17(10-8-16)14(2,3)4/h5-6,11H,7-10H2,1-4H3. The zero-order valence-electron chi connectivity index (χ0n) is 11.4. The fraction of sp³-hybridized carbons (Fsp3) is 0.643. The average Bonchev–Trinajstić information content (AvgIpc) is 2.29. The van der Waals surface area contributed by atoms with Gasteiger partial charge < -0.3 is 4.90 Å². The Morgan fingerprint density at radius 2 is 1.71 bits per heavy atom. The third kappa shape index (κ3) is 2.97. The van der Waals surface area contributed by atoms with Gasteiger partial charge in [-0.15, -0.1) is 0 Å². The van der Waals surface area contributed by atoms with Gasteiger partial charge in [-0.1, -0.05) is 6.07 Å². The van der Waals surface area contributed by atoms with E-state index in [1.165, 1.54) is 5.56 Å². The van der Waals surface area contributed by atoms with Gasteiger partial charge in [-0.2, -0.15) is 0 Å². The van der Waals surface area contributed by atoms with E-state index >= 15 is 0 Å². The van der Waals surface area contributed by atoms with Crippen LogP contribution in [-0.2, 0) is 0 Å². The number of anilines is 1.